The monoisotopic (exact) mass is 336 g/mol. The Kier molecular flexibility index (Phi) is 5.31. The van der Waals surface area contributed by atoms with Crippen molar-refractivity contribution < 1.29 is 18.0 Å². The molecule has 2 rings (SSSR count). The minimum atomic E-state index is -4.19. The van der Waals surface area contributed by atoms with E-state index in [2.05, 4.69) is 5.32 Å². The molecule has 1 amide bonds. The van der Waals surface area contributed by atoms with Crippen molar-refractivity contribution in [3.05, 3.63) is 20.7 Å². The summed E-state index contributed by atoms with van der Waals surface area (Å²) in [5.74, 6) is -1.63. The molecule has 4 nitrogen and oxygen atoms in total. The number of aryl methyl sites for hydroxylation is 1. The van der Waals surface area contributed by atoms with Gasteiger partial charge in [-0.3, -0.25) is 9.59 Å². The molecule has 0 radical (unpaired) electrons. The van der Waals surface area contributed by atoms with Crippen LogP contribution in [-0.4, -0.2) is 22.7 Å². The molecule has 124 valence electrons. The number of aromatic nitrogens is 1. The Labute approximate surface area is 130 Å². The number of hydrogen-bond donors (Lipinski definition) is 1. The predicted molar refractivity (Wildman–Crippen MR) is 77.9 cm³/mol. The van der Waals surface area contributed by atoms with E-state index in [4.69, 9.17) is 0 Å². The number of thiazole rings is 1. The van der Waals surface area contributed by atoms with Gasteiger partial charge >= 0.3 is 11.0 Å². The van der Waals surface area contributed by atoms with Gasteiger partial charge < -0.3 is 9.88 Å². The SMILES string of the molecule is Cc1csc(=O)n1CCC(=O)NC1CCCC(C(F)(F)F)C1. The Morgan fingerprint density at radius 1 is 1.45 bits per heavy atom. The lowest BCUT2D eigenvalue weighted by Gasteiger charge is -2.31. The van der Waals surface area contributed by atoms with Crippen molar-refractivity contribution in [2.45, 2.75) is 57.8 Å². The highest BCUT2D eigenvalue weighted by atomic mass is 32.1. The van der Waals surface area contributed by atoms with E-state index in [0.29, 0.717) is 12.8 Å². The second kappa shape index (κ2) is 6.85. The third-order valence-electron chi connectivity index (χ3n) is 4.04. The van der Waals surface area contributed by atoms with Crippen LogP contribution in [0.2, 0.25) is 0 Å². The summed E-state index contributed by atoms with van der Waals surface area (Å²) in [5, 5.41) is 4.39. The minimum Gasteiger partial charge on any atom is -0.353 e. The van der Waals surface area contributed by atoms with Crippen molar-refractivity contribution in [3.63, 3.8) is 0 Å². The summed E-state index contributed by atoms with van der Waals surface area (Å²) in [6.07, 6.45) is -2.95. The molecule has 1 fully saturated rings. The molecule has 0 aliphatic heterocycles. The van der Waals surface area contributed by atoms with Gasteiger partial charge in [-0.05, 0) is 26.2 Å². The zero-order valence-corrected chi connectivity index (χ0v) is 13.1. The van der Waals surface area contributed by atoms with Gasteiger partial charge in [0.25, 0.3) is 0 Å². The maximum atomic E-state index is 12.7. The standard InChI is InChI=1S/C14H19F3N2O2S/c1-9-8-22-13(21)19(9)6-5-12(20)18-11-4-2-3-10(7-11)14(15,16)17/h8,10-11H,2-7H2,1H3,(H,18,20). The van der Waals surface area contributed by atoms with Crippen LogP contribution in [0.1, 0.15) is 37.8 Å². The van der Waals surface area contributed by atoms with Gasteiger partial charge in [0, 0.05) is 30.1 Å². The molecule has 1 N–H and O–H groups in total. The average Bonchev–Trinajstić information content (AvgIpc) is 2.75. The number of rotatable bonds is 4. The maximum absolute atomic E-state index is 12.7. The van der Waals surface area contributed by atoms with Crippen molar-refractivity contribution >= 4 is 17.2 Å². The van der Waals surface area contributed by atoms with Crippen LogP contribution in [0.25, 0.3) is 0 Å². The number of alkyl halides is 3. The van der Waals surface area contributed by atoms with Crippen LogP contribution < -0.4 is 10.2 Å². The first-order chi connectivity index (χ1) is 10.3. The Bertz CT molecular complexity index is 579. The average molecular weight is 336 g/mol. The molecule has 0 aromatic carbocycles. The van der Waals surface area contributed by atoms with Crippen molar-refractivity contribution in [2.24, 2.45) is 5.92 Å². The van der Waals surface area contributed by atoms with Gasteiger partial charge in [-0.25, -0.2) is 0 Å². The molecule has 1 aliphatic carbocycles. The Morgan fingerprint density at radius 2 is 2.18 bits per heavy atom. The molecule has 0 spiro atoms. The second-order valence-electron chi connectivity index (χ2n) is 5.71. The maximum Gasteiger partial charge on any atom is 0.391 e. The molecule has 2 atom stereocenters. The van der Waals surface area contributed by atoms with E-state index in [0.717, 1.165) is 17.0 Å². The summed E-state index contributed by atoms with van der Waals surface area (Å²) in [4.78, 5) is 23.3. The minimum absolute atomic E-state index is 0.0489. The van der Waals surface area contributed by atoms with Crippen molar-refractivity contribution in [1.29, 1.82) is 0 Å². The molecule has 1 aliphatic rings. The molecule has 1 heterocycles. The van der Waals surface area contributed by atoms with Crippen LogP contribution >= 0.6 is 11.3 Å². The summed E-state index contributed by atoms with van der Waals surface area (Å²) in [6.45, 7) is 2.04. The number of hydrogen-bond acceptors (Lipinski definition) is 3. The van der Waals surface area contributed by atoms with Crippen molar-refractivity contribution in [2.75, 3.05) is 0 Å². The number of nitrogens with one attached hydrogen (secondary N) is 1. The molecule has 0 bridgehead atoms. The first-order valence-corrected chi connectivity index (χ1v) is 8.16. The molecule has 22 heavy (non-hydrogen) atoms. The Hall–Kier alpha value is -1.31. The second-order valence-corrected chi connectivity index (χ2v) is 6.53. The van der Waals surface area contributed by atoms with Gasteiger partial charge in [0.1, 0.15) is 0 Å². The highest BCUT2D eigenvalue weighted by Gasteiger charge is 2.42. The molecule has 1 aromatic heterocycles. The lowest BCUT2D eigenvalue weighted by atomic mass is 9.85. The fourth-order valence-corrected chi connectivity index (χ4v) is 3.57. The summed E-state index contributed by atoms with van der Waals surface area (Å²) < 4.78 is 39.7. The number of carbonyl (C=O) groups is 1. The molecule has 1 aromatic rings. The normalized spacial score (nSPS) is 22.5. The third-order valence-corrected chi connectivity index (χ3v) is 4.92. The number of nitrogens with zero attached hydrogens (tertiary/aromatic N) is 1. The van der Waals surface area contributed by atoms with Gasteiger partial charge in [-0.15, -0.1) is 0 Å². The van der Waals surface area contributed by atoms with Crippen molar-refractivity contribution in [3.8, 4) is 0 Å². The first-order valence-electron chi connectivity index (χ1n) is 7.28. The topological polar surface area (TPSA) is 51.1 Å². The molecular weight excluding hydrogens is 317 g/mol. The van der Waals surface area contributed by atoms with E-state index in [1.165, 1.54) is 4.57 Å². The van der Waals surface area contributed by atoms with E-state index in [1.807, 2.05) is 0 Å². The summed E-state index contributed by atoms with van der Waals surface area (Å²) in [5.41, 5.74) is 0.789. The van der Waals surface area contributed by atoms with Gasteiger partial charge in [-0.2, -0.15) is 13.2 Å². The third kappa shape index (κ3) is 4.34. The lowest BCUT2D eigenvalue weighted by Crippen LogP contribution is -2.41. The van der Waals surface area contributed by atoms with Crippen LogP contribution in [-0.2, 0) is 11.3 Å². The first kappa shape index (κ1) is 17.1. The predicted octanol–water partition coefficient (Wildman–Crippen LogP) is 2.85. The van der Waals surface area contributed by atoms with Crippen LogP contribution in [0.4, 0.5) is 13.2 Å². The highest BCUT2D eigenvalue weighted by molar-refractivity contribution is 7.07. The van der Waals surface area contributed by atoms with Gasteiger partial charge in [0.15, 0.2) is 0 Å². The fraction of sp³-hybridized carbons (Fsp3) is 0.714. The van der Waals surface area contributed by atoms with Gasteiger partial charge in [-0.1, -0.05) is 17.8 Å². The highest BCUT2D eigenvalue weighted by Crippen LogP contribution is 2.37. The van der Waals surface area contributed by atoms with Crippen LogP contribution in [0.3, 0.4) is 0 Å². The summed E-state index contributed by atoms with van der Waals surface area (Å²) in [6, 6.07) is -0.423. The number of amides is 1. The number of carbonyl (C=O) groups excluding carboxylic acids is 1. The smallest absolute Gasteiger partial charge is 0.353 e. The molecule has 8 heteroatoms. The van der Waals surface area contributed by atoms with Crippen LogP contribution in [0, 0.1) is 12.8 Å². The molecule has 0 saturated heterocycles. The summed E-state index contributed by atoms with van der Waals surface area (Å²) >= 11 is 1.07. The summed E-state index contributed by atoms with van der Waals surface area (Å²) in [7, 11) is 0. The van der Waals surface area contributed by atoms with E-state index in [1.54, 1.807) is 12.3 Å². The van der Waals surface area contributed by atoms with Gasteiger partial charge in [0.2, 0.25) is 5.91 Å². The quantitative estimate of drug-likeness (QED) is 0.919. The zero-order chi connectivity index (χ0) is 16.3. The van der Waals surface area contributed by atoms with E-state index in [9.17, 15) is 22.8 Å². The van der Waals surface area contributed by atoms with Gasteiger partial charge in [0.05, 0.1) is 5.92 Å². The Balaban J connectivity index is 1.83. The van der Waals surface area contributed by atoms with Crippen LogP contribution in [0.5, 0.6) is 0 Å². The Morgan fingerprint density at radius 3 is 2.77 bits per heavy atom. The van der Waals surface area contributed by atoms with E-state index in [-0.39, 0.29) is 36.6 Å². The largest absolute Gasteiger partial charge is 0.391 e. The van der Waals surface area contributed by atoms with E-state index < -0.39 is 18.1 Å². The van der Waals surface area contributed by atoms with E-state index >= 15 is 0 Å². The number of halogens is 3. The zero-order valence-electron chi connectivity index (χ0n) is 12.3. The fourth-order valence-electron chi connectivity index (χ4n) is 2.81. The lowest BCUT2D eigenvalue weighted by molar-refractivity contribution is -0.184. The van der Waals surface area contributed by atoms with Crippen LogP contribution in [0.15, 0.2) is 10.2 Å². The molecule has 2 unspecified atom stereocenters. The molecular formula is C14H19F3N2O2S. The van der Waals surface area contributed by atoms with Crippen molar-refractivity contribution in [1.82, 2.24) is 9.88 Å². The molecule has 1 saturated carbocycles.